The standard InChI is InChI=1S/C20H16N6O3S2/c1-12-22-16(10-30-12)13-4-3-5-15(8-13)23-19(27)14-6-7-18(17(9-14)26(28)29)31-20-24-21-11-25(20)2/h3-11H,1-2H3,(H,23,27). The van der Waals surface area contributed by atoms with Crippen molar-refractivity contribution in [3.63, 3.8) is 0 Å². The first-order valence-corrected chi connectivity index (χ1v) is 10.7. The molecule has 2 aromatic heterocycles. The van der Waals surface area contributed by atoms with Crippen LogP contribution in [0.15, 0.2) is 64.2 Å². The molecule has 9 nitrogen and oxygen atoms in total. The van der Waals surface area contributed by atoms with E-state index < -0.39 is 10.8 Å². The van der Waals surface area contributed by atoms with Crippen LogP contribution in [0, 0.1) is 17.0 Å². The van der Waals surface area contributed by atoms with E-state index in [9.17, 15) is 14.9 Å². The van der Waals surface area contributed by atoms with Crippen molar-refractivity contribution in [2.75, 3.05) is 5.32 Å². The van der Waals surface area contributed by atoms with Crippen LogP contribution in [-0.2, 0) is 7.05 Å². The van der Waals surface area contributed by atoms with E-state index in [2.05, 4.69) is 20.5 Å². The van der Waals surface area contributed by atoms with Crippen molar-refractivity contribution >= 4 is 40.4 Å². The molecular weight excluding hydrogens is 436 g/mol. The van der Waals surface area contributed by atoms with Crippen molar-refractivity contribution in [1.82, 2.24) is 19.7 Å². The molecule has 0 saturated heterocycles. The molecule has 0 atom stereocenters. The van der Waals surface area contributed by atoms with Crippen molar-refractivity contribution in [1.29, 1.82) is 0 Å². The van der Waals surface area contributed by atoms with Crippen molar-refractivity contribution in [2.24, 2.45) is 7.05 Å². The van der Waals surface area contributed by atoms with Gasteiger partial charge in [-0.05, 0) is 43.0 Å². The van der Waals surface area contributed by atoms with Crippen LogP contribution in [0.3, 0.4) is 0 Å². The fourth-order valence-electron chi connectivity index (χ4n) is 2.81. The van der Waals surface area contributed by atoms with E-state index in [-0.39, 0.29) is 11.3 Å². The molecular formula is C20H16N6O3S2. The summed E-state index contributed by atoms with van der Waals surface area (Å²) in [5.41, 5.74) is 2.30. The lowest BCUT2D eigenvalue weighted by atomic mass is 10.1. The van der Waals surface area contributed by atoms with E-state index in [4.69, 9.17) is 0 Å². The molecule has 0 saturated carbocycles. The number of nitro benzene ring substituents is 1. The highest BCUT2D eigenvalue weighted by Gasteiger charge is 2.20. The van der Waals surface area contributed by atoms with Gasteiger partial charge in [0.2, 0.25) is 0 Å². The molecule has 0 aliphatic heterocycles. The number of nitrogens with one attached hydrogen (secondary N) is 1. The second-order valence-electron chi connectivity index (χ2n) is 6.55. The third-order valence-corrected chi connectivity index (χ3v) is 6.21. The summed E-state index contributed by atoms with van der Waals surface area (Å²) in [6.45, 7) is 1.93. The molecule has 2 heterocycles. The Bertz CT molecular complexity index is 1280. The third kappa shape index (κ3) is 4.62. The second kappa shape index (κ2) is 8.66. The molecule has 4 rings (SSSR count). The molecule has 4 aromatic rings. The number of hydrogen-bond acceptors (Lipinski definition) is 8. The van der Waals surface area contributed by atoms with Crippen LogP contribution < -0.4 is 5.32 Å². The zero-order valence-corrected chi connectivity index (χ0v) is 18.1. The molecule has 31 heavy (non-hydrogen) atoms. The van der Waals surface area contributed by atoms with Gasteiger partial charge in [0.25, 0.3) is 11.6 Å². The Kier molecular flexibility index (Phi) is 5.78. The smallest absolute Gasteiger partial charge is 0.284 e. The maximum Gasteiger partial charge on any atom is 0.284 e. The zero-order chi connectivity index (χ0) is 22.0. The summed E-state index contributed by atoms with van der Waals surface area (Å²) >= 11 is 2.66. The number of nitrogens with zero attached hydrogens (tertiary/aromatic N) is 5. The highest BCUT2D eigenvalue weighted by atomic mass is 32.2. The molecule has 0 aliphatic carbocycles. The van der Waals surface area contributed by atoms with E-state index >= 15 is 0 Å². The quantitative estimate of drug-likeness (QED) is 0.337. The Morgan fingerprint density at radius 2 is 2.10 bits per heavy atom. The summed E-state index contributed by atoms with van der Waals surface area (Å²) in [6.07, 6.45) is 1.51. The summed E-state index contributed by atoms with van der Waals surface area (Å²) in [5, 5.41) is 25.5. The van der Waals surface area contributed by atoms with Gasteiger partial charge in [-0.2, -0.15) is 0 Å². The van der Waals surface area contributed by atoms with Crippen LogP contribution >= 0.6 is 23.1 Å². The Hall–Kier alpha value is -3.57. The number of rotatable bonds is 6. The van der Waals surface area contributed by atoms with Crippen molar-refractivity contribution in [3.05, 3.63) is 74.9 Å². The Morgan fingerprint density at radius 1 is 1.26 bits per heavy atom. The highest BCUT2D eigenvalue weighted by molar-refractivity contribution is 7.99. The topological polar surface area (TPSA) is 116 Å². The first-order valence-electron chi connectivity index (χ1n) is 9.05. The van der Waals surface area contributed by atoms with Gasteiger partial charge >= 0.3 is 0 Å². The monoisotopic (exact) mass is 452 g/mol. The van der Waals surface area contributed by atoms with Gasteiger partial charge in [0.15, 0.2) is 5.16 Å². The predicted molar refractivity (Wildman–Crippen MR) is 118 cm³/mol. The number of carbonyl (C=O) groups is 1. The summed E-state index contributed by atoms with van der Waals surface area (Å²) in [5.74, 6) is -0.440. The van der Waals surface area contributed by atoms with E-state index in [1.165, 1.54) is 12.4 Å². The number of hydrogen-bond donors (Lipinski definition) is 1. The van der Waals surface area contributed by atoms with Gasteiger partial charge in [0.05, 0.1) is 20.5 Å². The van der Waals surface area contributed by atoms with Crippen molar-refractivity contribution in [2.45, 2.75) is 17.0 Å². The minimum atomic E-state index is -0.513. The maximum absolute atomic E-state index is 12.7. The number of carbonyl (C=O) groups excluding carboxylic acids is 1. The van der Waals surface area contributed by atoms with Crippen LogP contribution in [-0.4, -0.2) is 30.6 Å². The SMILES string of the molecule is Cc1nc(-c2cccc(NC(=O)c3ccc(Sc4nncn4C)c([N+](=O)[O-])c3)c2)cs1. The number of aryl methyl sites for hydroxylation is 2. The Balaban J connectivity index is 1.57. The lowest BCUT2D eigenvalue weighted by molar-refractivity contribution is -0.387. The van der Waals surface area contributed by atoms with E-state index in [0.717, 1.165) is 28.0 Å². The van der Waals surface area contributed by atoms with Crippen LogP contribution in [0.1, 0.15) is 15.4 Å². The van der Waals surface area contributed by atoms with Gasteiger partial charge in [0.1, 0.15) is 6.33 Å². The first-order chi connectivity index (χ1) is 14.9. The molecule has 0 fully saturated rings. The largest absolute Gasteiger partial charge is 0.322 e. The number of amides is 1. The molecule has 1 amide bonds. The molecule has 11 heteroatoms. The lowest BCUT2D eigenvalue weighted by Gasteiger charge is -2.08. The molecule has 2 aromatic carbocycles. The van der Waals surface area contributed by atoms with Gasteiger partial charge in [-0.15, -0.1) is 21.5 Å². The number of thiazole rings is 1. The van der Waals surface area contributed by atoms with Gasteiger partial charge in [-0.1, -0.05) is 12.1 Å². The maximum atomic E-state index is 12.7. The normalized spacial score (nSPS) is 10.8. The predicted octanol–water partition coefficient (Wildman–Crippen LogP) is 4.56. The lowest BCUT2D eigenvalue weighted by Crippen LogP contribution is -2.12. The van der Waals surface area contributed by atoms with E-state index in [0.29, 0.717) is 15.7 Å². The highest BCUT2D eigenvalue weighted by Crippen LogP contribution is 2.34. The zero-order valence-electron chi connectivity index (χ0n) is 16.5. The average Bonchev–Trinajstić information content (AvgIpc) is 3.36. The third-order valence-electron chi connectivity index (χ3n) is 4.32. The van der Waals surface area contributed by atoms with Crippen LogP contribution in [0.5, 0.6) is 0 Å². The van der Waals surface area contributed by atoms with E-state index in [1.807, 2.05) is 30.5 Å². The minimum absolute atomic E-state index is 0.174. The fraction of sp³-hybridized carbons (Fsp3) is 0.100. The summed E-state index contributed by atoms with van der Waals surface area (Å²) < 4.78 is 1.66. The summed E-state index contributed by atoms with van der Waals surface area (Å²) in [7, 11) is 1.75. The summed E-state index contributed by atoms with van der Waals surface area (Å²) in [4.78, 5) is 28.6. The van der Waals surface area contributed by atoms with Crippen LogP contribution in [0.2, 0.25) is 0 Å². The molecule has 0 bridgehead atoms. The first kappa shape index (κ1) is 20.7. The minimum Gasteiger partial charge on any atom is -0.322 e. The molecule has 156 valence electrons. The van der Waals surface area contributed by atoms with Crippen molar-refractivity contribution < 1.29 is 9.72 Å². The number of aromatic nitrogens is 4. The molecule has 0 unspecified atom stereocenters. The number of anilines is 1. The van der Waals surface area contributed by atoms with Gasteiger partial charge in [0, 0.05) is 35.3 Å². The molecule has 0 spiro atoms. The van der Waals surface area contributed by atoms with Crippen LogP contribution in [0.4, 0.5) is 11.4 Å². The second-order valence-corrected chi connectivity index (χ2v) is 8.62. The van der Waals surface area contributed by atoms with Crippen molar-refractivity contribution in [3.8, 4) is 11.3 Å². The van der Waals surface area contributed by atoms with Gasteiger partial charge in [-0.25, -0.2) is 4.98 Å². The number of nitro groups is 1. The molecule has 0 aliphatic rings. The summed E-state index contributed by atoms with van der Waals surface area (Å²) in [6, 6.07) is 11.7. The molecule has 0 radical (unpaired) electrons. The van der Waals surface area contributed by atoms with Gasteiger partial charge < -0.3 is 9.88 Å². The van der Waals surface area contributed by atoms with E-state index in [1.54, 1.807) is 41.2 Å². The fourth-order valence-corrected chi connectivity index (χ4v) is 4.28. The van der Waals surface area contributed by atoms with Crippen LogP contribution in [0.25, 0.3) is 11.3 Å². The average molecular weight is 453 g/mol. The Morgan fingerprint density at radius 3 is 2.77 bits per heavy atom. The Labute approximate surface area is 185 Å². The molecule has 1 N–H and O–H groups in total. The number of benzene rings is 2. The van der Waals surface area contributed by atoms with Gasteiger partial charge in [-0.3, -0.25) is 14.9 Å².